The predicted octanol–water partition coefficient (Wildman–Crippen LogP) is 2.57. The van der Waals surface area contributed by atoms with Gasteiger partial charge in [0.25, 0.3) is 0 Å². The number of carbonyl (C=O) groups excluding carboxylic acids is 1. The Morgan fingerprint density at radius 2 is 2.11 bits per heavy atom. The van der Waals surface area contributed by atoms with Crippen LogP contribution in [0.5, 0.6) is 0 Å². The van der Waals surface area contributed by atoms with Gasteiger partial charge in [-0.15, -0.1) is 0 Å². The average Bonchev–Trinajstić information content (AvgIpc) is 2.42. The molecule has 1 aliphatic heterocycles. The summed E-state index contributed by atoms with van der Waals surface area (Å²) in [6, 6.07) is 8.89. The highest BCUT2D eigenvalue weighted by molar-refractivity contribution is 5.82. The molecule has 1 aliphatic rings. The first-order chi connectivity index (χ1) is 9.20. The standard InChI is InChI=1S/C16H24N2O/c1-3-5-13-7-9-14(10-8-13)12(2)18-15-6-4-11-17-16(15)19/h7-10,12,15,18H,3-6,11H2,1-2H3,(H,17,19). The molecule has 0 aromatic heterocycles. The van der Waals surface area contributed by atoms with E-state index < -0.39 is 0 Å². The molecule has 0 spiro atoms. The highest BCUT2D eigenvalue weighted by Gasteiger charge is 2.23. The molecular weight excluding hydrogens is 236 g/mol. The minimum atomic E-state index is -0.0425. The van der Waals surface area contributed by atoms with E-state index in [0.29, 0.717) is 0 Å². The topological polar surface area (TPSA) is 41.1 Å². The van der Waals surface area contributed by atoms with Gasteiger partial charge in [-0.2, -0.15) is 0 Å². The molecule has 2 rings (SSSR count). The van der Waals surface area contributed by atoms with E-state index in [1.165, 1.54) is 17.5 Å². The number of aryl methyl sites for hydroxylation is 1. The summed E-state index contributed by atoms with van der Waals surface area (Å²) in [5.41, 5.74) is 2.63. The molecule has 0 radical (unpaired) electrons. The Labute approximate surface area is 115 Å². The van der Waals surface area contributed by atoms with Gasteiger partial charge in [0, 0.05) is 12.6 Å². The lowest BCUT2D eigenvalue weighted by molar-refractivity contribution is -0.124. The molecular formula is C16H24N2O. The molecule has 1 heterocycles. The quantitative estimate of drug-likeness (QED) is 0.854. The molecule has 0 saturated carbocycles. The summed E-state index contributed by atoms with van der Waals surface area (Å²) in [7, 11) is 0. The van der Waals surface area contributed by atoms with Gasteiger partial charge in [0.1, 0.15) is 0 Å². The Hall–Kier alpha value is -1.35. The van der Waals surface area contributed by atoms with Crippen molar-refractivity contribution in [3.05, 3.63) is 35.4 Å². The van der Waals surface area contributed by atoms with E-state index in [9.17, 15) is 4.79 Å². The zero-order chi connectivity index (χ0) is 13.7. The van der Waals surface area contributed by atoms with Crippen LogP contribution in [0.25, 0.3) is 0 Å². The normalized spacial score (nSPS) is 20.9. The second kappa shape index (κ2) is 6.71. The Balaban J connectivity index is 1.94. The molecule has 0 bridgehead atoms. The van der Waals surface area contributed by atoms with Gasteiger partial charge in [0.05, 0.1) is 6.04 Å². The smallest absolute Gasteiger partial charge is 0.237 e. The van der Waals surface area contributed by atoms with Crippen molar-refractivity contribution in [1.82, 2.24) is 10.6 Å². The lowest BCUT2D eigenvalue weighted by Gasteiger charge is -2.26. The predicted molar refractivity (Wildman–Crippen MR) is 78.0 cm³/mol. The first-order valence-electron chi connectivity index (χ1n) is 7.33. The second-order valence-corrected chi connectivity index (χ2v) is 5.37. The van der Waals surface area contributed by atoms with Gasteiger partial charge in [-0.1, -0.05) is 37.6 Å². The Bertz CT molecular complexity index is 413. The van der Waals surface area contributed by atoms with Crippen molar-refractivity contribution in [2.24, 2.45) is 0 Å². The van der Waals surface area contributed by atoms with Gasteiger partial charge in [-0.05, 0) is 37.3 Å². The maximum Gasteiger partial charge on any atom is 0.237 e. The summed E-state index contributed by atoms with van der Waals surface area (Å²) in [5, 5.41) is 6.34. The van der Waals surface area contributed by atoms with Gasteiger partial charge in [-0.3, -0.25) is 10.1 Å². The molecule has 2 N–H and O–H groups in total. The highest BCUT2D eigenvalue weighted by atomic mass is 16.2. The van der Waals surface area contributed by atoms with Crippen LogP contribution in [0.4, 0.5) is 0 Å². The summed E-state index contributed by atoms with van der Waals surface area (Å²) < 4.78 is 0. The molecule has 1 aromatic rings. The molecule has 3 nitrogen and oxygen atoms in total. The molecule has 2 unspecified atom stereocenters. The van der Waals surface area contributed by atoms with E-state index in [1.54, 1.807) is 0 Å². The van der Waals surface area contributed by atoms with Crippen molar-refractivity contribution in [2.75, 3.05) is 6.54 Å². The molecule has 2 atom stereocenters. The number of carbonyl (C=O) groups is 1. The maximum absolute atomic E-state index is 11.7. The molecule has 1 aromatic carbocycles. The maximum atomic E-state index is 11.7. The van der Waals surface area contributed by atoms with Gasteiger partial charge < -0.3 is 5.32 Å². The number of amides is 1. The summed E-state index contributed by atoms with van der Waals surface area (Å²) >= 11 is 0. The Morgan fingerprint density at radius 3 is 2.74 bits per heavy atom. The van der Waals surface area contributed by atoms with E-state index in [4.69, 9.17) is 0 Å². The minimum Gasteiger partial charge on any atom is -0.355 e. The summed E-state index contributed by atoms with van der Waals surface area (Å²) in [6.07, 6.45) is 4.30. The number of nitrogens with one attached hydrogen (secondary N) is 2. The van der Waals surface area contributed by atoms with Crippen LogP contribution in [0.2, 0.25) is 0 Å². The first-order valence-corrected chi connectivity index (χ1v) is 7.33. The van der Waals surface area contributed by atoms with Crippen LogP contribution in [0, 0.1) is 0 Å². The third-order valence-corrected chi connectivity index (χ3v) is 3.75. The van der Waals surface area contributed by atoms with Crippen molar-refractivity contribution in [2.45, 2.75) is 51.6 Å². The lowest BCUT2D eigenvalue weighted by Crippen LogP contribution is -2.48. The zero-order valence-corrected chi connectivity index (χ0v) is 11.9. The van der Waals surface area contributed by atoms with Crippen LogP contribution in [-0.4, -0.2) is 18.5 Å². The van der Waals surface area contributed by atoms with Crippen molar-refractivity contribution in [1.29, 1.82) is 0 Å². The van der Waals surface area contributed by atoms with Crippen molar-refractivity contribution >= 4 is 5.91 Å². The third-order valence-electron chi connectivity index (χ3n) is 3.75. The minimum absolute atomic E-state index is 0.0425. The van der Waals surface area contributed by atoms with Crippen LogP contribution in [0.15, 0.2) is 24.3 Å². The summed E-state index contributed by atoms with van der Waals surface area (Å²) in [6.45, 7) is 5.13. The van der Waals surface area contributed by atoms with E-state index in [0.717, 1.165) is 25.8 Å². The lowest BCUT2D eigenvalue weighted by atomic mass is 10.0. The summed E-state index contributed by atoms with van der Waals surface area (Å²) in [4.78, 5) is 11.7. The largest absolute Gasteiger partial charge is 0.355 e. The number of hydrogen-bond donors (Lipinski definition) is 2. The van der Waals surface area contributed by atoms with Crippen LogP contribution in [0.1, 0.15) is 50.3 Å². The second-order valence-electron chi connectivity index (χ2n) is 5.37. The third kappa shape index (κ3) is 3.80. The van der Waals surface area contributed by atoms with Gasteiger partial charge in [0.2, 0.25) is 5.91 Å². The number of piperidine rings is 1. The molecule has 1 fully saturated rings. The molecule has 104 valence electrons. The summed E-state index contributed by atoms with van der Waals surface area (Å²) in [5.74, 6) is 0.140. The van der Waals surface area contributed by atoms with Crippen molar-refractivity contribution < 1.29 is 4.79 Å². The van der Waals surface area contributed by atoms with Crippen LogP contribution >= 0.6 is 0 Å². The molecule has 1 saturated heterocycles. The molecule has 3 heteroatoms. The van der Waals surface area contributed by atoms with E-state index >= 15 is 0 Å². The fourth-order valence-corrected chi connectivity index (χ4v) is 2.59. The van der Waals surface area contributed by atoms with E-state index in [-0.39, 0.29) is 18.0 Å². The van der Waals surface area contributed by atoms with Crippen LogP contribution in [-0.2, 0) is 11.2 Å². The first kappa shape index (κ1) is 14.1. The van der Waals surface area contributed by atoms with Crippen molar-refractivity contribution in [3.8, 4) is 0 Å². The Kier molecular flexibility index (Phi) is 4.97. The van der Waals surface area contributed by atoms with Gasteiger partial charge in [-0.25, -0.2) is 0 Å². The number of benzene rings is 1. The Morgan fingerprint density at radius 1 is 1.37 bits per heavy atom. The van der Waals surface area contributed by atoms with Crippen LogP contribution in [0.3, 0.4) is 0 Å². The monoisotopic (exact) mass is 260 g/mol. The SMILES string of the molecule is CCCc1ccc(C(C)NC2CCCNC2=O)cc1. The fraction of sp³-hybridized carbons (Fsp3) is 0.562. The molecule has 1 amide bonds. The van der Waals surface area contributed by atoms with E-state index in [1.807, 2.05) is 0 Å². The van der Waals surface area contributed by atoms with Crippen molar-refractivity contribution in [3.63, 3.8) is 0 Å². The number of hydrogen-bond acceptors (Lipinski definition) is 2. The molecule has 19 heavy (non-hydrogen) atoms. The van der Waals surface area contributed by atoms with E-state index in [2.05, 4.69) is 48.7 Å². The zero-order valence-electron chi connectivity index (χ0n) is 11.9. The average molecular weight is 260 g/mol. The van der Waals surface area contributed by atoms with Crippen LogP contribution < -0.4 is 10.6 Å². The fourth-order valence-electron chi connectivity index (χ4n) is 2.59. The molecule has 0 aliphatic carbocycles. The number of rotatable bonds is 5. The highest BCUT2D eigenvalue weighted by Crippen LogP contribution is 2.16. The van der Waals surface area contributed by atoms with Gasteiger partial charge in [0.15, 0.2) is 0 Å². The van der Waals surface area contributed by atoms with Gasteiger partial charge >= 0.3 is 0 Å².